The molecule has 1 aliphatic rings. The number of piperidine rings is 1. The number of nitrogens with one attached hydrogen (secondary N) is 1. The van der Waals surface area contributed by atoms with Gasteiger partial charge in [-0.3, -0.25) is 4.98 Å². The summed E-state index contributed by atoms with van der Waals surface area (Å²) in [6.07, 6.45) is 4.36. The van der Waals surface area contributed by atoms with Crippen LogP contribution in [-0.2, 0) is 0 Å². The monoisotopic (exact) mass is 221 g/mol. The zero-order chi connectivity index (χ0) is 11.4. The fourth-order valence-corrected chi connectivity index (χ4v) is 2.00. The minimum atomic E-state index is -0.931. The van der Waals surface area contributed by atoms with Gasteiger partial charge in [-0.1, -0.05) is 0 Å². The van der Waals surface area contributed by atoms with Crippen LogP contribution in [0.5, 0.6) is 0 Å². The summed E-state index contributed by atoms with van der Waals surface area (Å²) in [7, 11) is 0. The van der Waals surface area contributed by atoms with Crippen molar-refractivity contribution in [1.82, 2.24) is 10.3 Å². The molecular weight excluding hydrogens is 206 g/mol. The molecule has 2 heterocycles. The lowest BCUT2D eigenvalue weighted by atomic mass is 10.0. The van der Waals surface area contributed by atoms with E-state index >= 15 is 0 Å². The van der Waals surface area contributed by atoms with E-state index in [-0.39, 0.29) is 6.04 Å². The lowest BCUT2D eigenvalue weighted by Crippen LogP contribution is -2.44. The average molecular weight is 221 g/mol. The van der Waals surface area contributed by atoms with Crippen LogP contribution in [-0.4, -0.2) is 35.3 Å². The maximum Gasteiger partial charge on any atom is 0.404 e. The molecule has 0 bridgehead atoms. The van der Waals surface area contributed by atoms with Gasteiger partial charge in [-0.25, -0.2) is 4.79 Å². The number of rotatable bonds is 2. The fraction of sp³-hybridized carbons (Fsp3) is 0.455. The summed E-state index contributed by atoms with van der Waals surface area (Å²) in [4.78, 5) is 16.8. The number of anilines is 1. The Morgan fingerprint density at radius 1 is 1.50 bits per heavy atom. The van der Waals surface area contributed by atoms with Gasteiger partial charge in [-0.2, -0.15) is 0 Å². The molecule has 5 nitrogen and oxygen atoms in total. The first kappa shape index (κ1) is 10.7. The standard InChI is InChI=1S/C11H15N3O2/c15-11(16)13-9-3-6-14(7-4-9)10-2-1-5-12-8-10/h1-2,5,8-9,13H,3-4,6-7H2,(H,15,16). The van der Waals surface area contributed by atoms with Gasteiger partial charge in [0.15, 0.2) is 0 Å². The number of amides is 1. The van der Waals surface area contributed by atoms with E-state index < -0.39 is 6.09 Å². The van der Waals surface area contributed by atoms with Gasteiger partial charge in [0, 0.05) is 25.3 Å². The van der Waals surface area contributed by atoms with E-state index in [0.29, 0.717) is 0 Å². The summed E-state index contributed by atoms with van der Waals surface area (Å²) < 4.78 is 0. The third-order valence-corrected chi connectivity index (χ3v) is 2.83. The Hall–Kier alpha value is -1.78. The first-order chi connectivity index (χ1) is 7.75. The Morgan fingerprint density at radius 3 is 2.81 bits per heavy atom. The molecule has 1 aliphatic heterocycles. The molecule has 1 aromatic rings. The van der Waals surface area contributed by atoms with Crippen molar-refractivity contribution in [2.45, 2.75) is 18.9 Å². The van der Waals surface area contributed by atoms with E-state index in [1.54, 1.807) is 6.20 Å². The Kier molecular flexibility index (Phi) is 3.24. The molecule has 0 radical (unpaired) electrons. The third kappa shape index (κ3) is 2.62. The van der Waals surface area contributed by atoms with Crippen molar-refractivity contribution in [1.29, 1.82) is 0 Å². The minimum Gasteiger partial charge on any atom is -0.465 e. The van der Waals surface area contributed by atoms with Gasteiger partial charge in [-0.15, -0.1) is 0 Å². The predicted octanol–water partition coefficient (Wildman–Crippen LogP) is 1.32. The highest BCUT2D eigenvalue weighted by Gasteiger charge is 2.20. The van der Waals surface area contributed by atoms with Gasteiger partial charge in [0.05, 0.1) is 11.9 Å². The Bertz CT molecular complexity index is 348. The molecule has 0 atom stereocenters. The number of carbonyl (C=O) groups is 1. The number of aromatic nitrogens is 1. The summed E-state index contributed by atoms with van der Waals surface area (Å²) in [6, 6.07) is 4.03. The second-order valence-electron chi connectivity index (χ2n) is 3.92. The van der Waals surface area contributed by atoms with Crippen LogP contribution >= 0.6 is 0 Å². The van der Waals surface area contributed by atoms with E-state index in [4.69, 9.17) is 5.11 Å². The Morgan fingerprint density at radius 2 is 2.25 bits per heavy atom. The minimum absolute atomic E-state index is 0.0884. The van der Waals surface area contributed by atoms with Crippen molar-refractivity contribution in [2.75, 3.05) is 18.0 Å². The first-order valence-corrected chi connectivity index (χ1v) is 5.40. The van der Waals surface area contributed by atoms with Gasteiger partial charge in [-0.05, 0) is 25.0 Å². The van der Waals surface area contributed by atoms with Crippen molar-refractivity contribution in [3.63, 3.8) is 0 Å². The van der Waals surface area contributed by atoms with E-state index in [9.17, 15) is 4.79 Å². The molecule has 0 saturated carbocycles. The smallest absolute Gasteiger partial charge is 0.404 e. The lowest BCUT2D eigenvalue weighted by molar-refractivity contribution is 0.187. The molecule has 0 aliphatic carbocycles. The molecule has 86 valence electrons. The molecule has 5 heteroatoms. The topological polar surface area (TPSA) is 65.5 Å². The Balaban J connectivity index is 1.88. The number of hydrogen-bond acceptors (Lipinski definition) is 3. The van der Waals surface area contributed by atoms with Gasteiger partial charge in [0.25, 0.3) is 0 Å². The molecule has 1 saturated heterocycles. The van der Waals surface area contributed by atoms with Crippen molar-refractivity contribution < 1.29 is 9.90 Å². The molecule has 1 aromatic heterocycles. The molecule has 0 aromatic carbocycles. The molecule has 0 unspecified atom stereocenters. The summed E-state index contributed by atoms with van der Waals surface area (Å²) in [6.45, 7) is 1.74. The highest BCUT2D eigenvalue weighted by Crippen LogP contribution is 2.18. The van der Waals surface area contributed by atoms with Crippen LogP contribution in [0.3, 0.4) is 0 Å². The van der Waals surface area contributed by atoms with Crippen LogP contribution in [0.15, 0.2) is 24.5 Å². The van der Waals surface area contributed by atoms with Gasteiger partial charge < -0.3 is 15.3 Å². The van der Waals surface area contributed by atoms with E-state index in [2.05, 4.69) is 15.2 Å². The average Bonchev–Trinajstić information content (AvgIpc) is 2.30. The molecule has 16 heavy (non-hydrogen) atoms. The zero-order valence-corrected chi connectivity index (χ0v) is 8.97. The summed E-state index contributed by atoms with van der Waals surface area (Å²) >= 11 is 0. The van der Waals surface area contributed by atoms with Gasteiger partial charge in [0.1, 0.15) is 0 Å². The molecular formula is C11H15N3O2. The quantitative estimate of drug-likeness (QED) is 0.790. The van der Waals surface area contributed by atoms with Gasteiger partial charge >= 0.3 is 6.09 Å². The van der Waals surface area contributed by atoms with Crippen LogP contribution in [0.2, 0.25) is 0 Å². The lowest BCUT2D eigenvalue weighted by Gasteiger charge is -2.33. The van der Waals surface area contributed by atoms with E-state index in [1.165, 1.54) is 0 Å². The highest BCUT2D eigenvalue weighted by molar-refractivity contribution is 5.64. The van der Waals surface area contributed by atoms with Gasteiger partial charge in [0.2, 0.25) is 0 Å². The Labute approximate surface area is 94.1 Å². The maximum absolute atomic E-state index is 10.5. The van der Waals surface area contributed by atoms with Crippen molar-refractivity contribution in [2.24, 2.45) is 0 Å². The molecule has 1 fully saturated rings. The number of hydrogen-bond donors (Lipinski definition) is 2. The molecule has 2 N–H and O–H groups in total. The molecule has 2 rings (SSSR count). The second kappa shape index (κ2) is 4.83. The number of carboxylic acid groups (broad SMARTS) is 1. The first-order valence-electron chi connectivity index (χ1n) is 5.40. The highest BCUT2D eigenvalue weighted by atomic mass is 16.4. The van der Waals surface area contributed by atoms with E-state index in [1.807, 2.05) is 18.3 Å². The van der Waals surface area contributed by atoms with Crippen LogP contribution in [0.1, 0.15) is 12.8 Å². The number of nitrogens with zero attached hydrogens (tertiary/aromatic N) is 2. The molecule has 1 amide bonds. The van der Waals surface area contributed by atoms with Crippen LogP contribution in [0.4, 0.5) is 10.5 Å². The summed E-state index contributed by atoms with van der Waals surface area (Å²) in [5.41, 5.74) is 1.11. The van der Waals surface area contributed by atoms with Crippen molar-refractivity contribution in [3.8, 4) is 0 Å². The van der Waals surface area contributed by atoms with Crippen LogP contribution < -0.4 is 10.2 Å². The van der Waals surface area contributed by atoms with Crippen molar-refractivity contribution in [3.05, 3.63) is 24.5 Å². The SMILES string of the molecule is O=C(O)NC1CCN(c2cccnc2)CC1. The summed E-state index contributed by atoms with van der Waals surface area (Å²) in [5, 5.41) is 11.1. The number of pyridine rings is 1. The zero-order valence-electron chi connectivity index (χ0n) is 8.97. The second-order valence-corrected chi connectivity index (χ2v) is 3.92. The summed E-state index contributed by atoms with van der Waals surface area (Å²) in [5.74, 6) is 0. The predicted molar refractivity (Wildman–Crippen MR) is 60.6 cm³/mol. The maximum atomic E-state index is 10.5. The van der Waals surface area contributed by atoms with Crippen molar-refractivity contribution >= 4 is 11.8 Å². The van der Waals surface area contributed by atoms with Crippen LogP contribution in [0, 0.1) is 0 Å². The fourth-order valence-electron chi connectivity index (χ4n) is 2.00. The third-order valence-electron chi connectivity index (χ3n) is 2.83. The molecule has 0 spiro atoms. The normalized spacial score (nSPS) is 17.1. The van der Waals surface area contributed by atoms with Crippen LogP contribution in [0.25, 0.3) is 0 Å². The largest absolute Gasteiger partial charge is 0.465 e. The van der Waals surface area contributed by atoms with E-state index in [0.717, 1.165) is 31.6 Å².